The molecule has 0 amide bonds. The Kier molecular flexibility index (Phi) is 4.56. The van der Waals surface area contributed by atoms with Gasteiger partial charge in [0.1, 0.15) is 11.5 Å². The van der Waals surface area contributed by atoms with Crippen LogP contribution in [-0.4, -0.2) is 31.1 Å². The molecule has 0 aliphatic heterocycles. The third-order valence-corrected chi connectivity index (χ3v) is 1.74. The van der Waals surface area contributed by atoms with E-state index >= 15 is 0 Å². The van der Waals surface area contributed by atoms with E-state index in [2.05, 4.69) is 4.98 Å². The zero-order chi connectivity index (χ0) is 11.1. The number of hydrogen-bond donors (Lipinski definition) is 2. The minimum atomic E-state index is -0.0580. The van der Waals surface area contributed by atoms with Gasteiger partial charge in [-0.15, -0.1) is 0 Å². The number of methoxy groups -OCH3 is 1. The molecule has 0 spiro atoms. The van der Waals surface area contributed by atoms with Crippen molar-refractivity contribution < 1.29 is 9.47 Å². The van der Waals surface area contributed by atoms with Gasteiger partial charge >= 0.3 is 0 Å². The van der Waals surface area contributed by atoms with Gasteiger partial charge in [0.15, 0.2) is 0 Å². The quantitative estimate of drug-likeness (QED) is 0.412. The van der Waals surface area contributed by atoms with Gasteiger partial charge in [-0.25, -0.2) is 4.98 Å². The summed E-state index contributed by atoms with van der Waals surface area (Å²) in [5, 5.41) is 7.21. The van der Waals surface area contributed by atoms with Crippen molar-refractivity contribution in [2.75, 3.05) is 20.3 Å². The number of amidine groups is 1. The molecule has 0 saturated carbocycles. The average molecular weight is 209 g/mol. The number of ether oxygens (including phenoxy) is 2. The van der Waals surface area contributed by atoms with E-state index in [1.807, 2.05) is 0 Å². The number of nitrogens with one attached hydrogen (secondary N) is 1. The Morgan fingerprint density at radius 3 is 2.93 bits per heavy atom. The Morgan fingerprint density at radius 1 is 1.47 bits per heavy atom. The number of pyridine rings is 1. The fourth-order valence-corrected chi connectivity index (χ4v) is 1.03. The third-order valence-electron chi connectivity index (χ3n) is 1.74. The fraction of sp³-hybridized carbons (Fsp3) is 0.400. The van der Waals surface area contributed by atoms with Crippen molar-refractivity contribution in [3.63, 3.8) is 0 Å². The Morgan fingerprint density at radius 2 is 2.27 bits per heavy atom. The van der Waals surface area contributed by atoms with Gasteiger partial charge in [0, 0.05) is 26.2 Å². The molecule has 0 saturated heterocycles. The number of aromatic nitrogens is 1. The molecule has 0 atom stereocenters. The zero-order valence-electron chi connectivity index (χ0n) is 8.69. The number of nitrogens with two attached hydrogens (primary N) is 1. The molecule has 1 aromatic heterocycles. The van der Waals surface area contributed by atoms with E-state index in [0.717, 1.165) is 6.42 Å². The van der Waals surface area contributed by atoms with Crippen molar-refractivity contribution in [2.24, 2.45) is 5.73 Å². The molecule has 5 heteroatoms. The minimum absolute atomic E-state index is 0.0580. The van der Waals surface area contributed by atoms with Crippen LogP contribution in [0.15, 0.2) is 18.2 Å². The van der Waals surface area contributed by atoms with Gasteiger partial charge in [-0.05, 0) is 6.07 Å². The highest BCUT2D eigenvalue weighted by Crippen LogP contribution is 2.07. The van der Waals surface area contributed by atoms with E-state index in [-0.39, 0.29) is 5.84 Å². The zero-order valence-corrected chi connectivity index (χ0v) is 8.69. The summed E-state index contributed by atoms with van der Waals surface area (Å²) in [6.45, 7) is 1.20. The van der Waals surface area contributed by atoms with Crippen molar-refractivity contribution in [3.05, 3.63) is 23.9 Å². The highest BCUT2D eigenvalue weighted by atomic mass is 16.5. The second-order valence-electron chi connectivity index (χ2n) is 2.97. The summed E-state index contributed by atoms with van der Waals surface area (Å²) >= 11 is 0. The third kappa shape index (κ3) is 3.95. The molecule has 0 aliphatic carbocycles. The molecule has 15 heavy (non-hydrogen) atoms. The molecule has 0 bridgehead atoms. The minimum Gasteiger partial charge on any atom is -0.478 e. The summed E-state index contributed by atoms with van der Waals surface area (Å²) in [7, 11) is 1.65. The number of hydrogen-bond acceptors (Lipinski definition) is 4. The standard InChI is InChI=1S/C10H15N3O2/c1-14-6-3-7-15-9-5-2-4-8(13-9)10(11)12/h2,4-5H,3,6-7H2,1H3,(H3,11,12). The molecule has 0 aliphatic rings. The molecular weight excluding hydrogens is 194 g/mol. The largest absolute Gasteiger partial charge is 0.478 e. The number of rotatable bonds is 6. The first-order chi connectivity index (χ1) is 7.24. The summed E-state index contributed by atoms with van der Waals surface area (Å²) in [5.41, 5.74) is 5.73. The van der Waals surface area contributed by atoms with E-state index in [1.165, 1.54) is 0 Å². The van der Waals surface area contributed by atoms with Crippen molar-refractivity contribution in [1.82, 2.24) is 4.98 Å². The Balaban J connectivity index is 2.47. The molecule has 1 heterocycles. The van der Waals surface area contributed by atoms with E-state index in [4.69, 9.17) is 20.6 Å². The maximum Gasteiger partial charge on any atom is 0.213 e. The van der Waals surface area contributed by atoms with Gasteiger partial charge in [0.05, 0.1) is 6.61 Å². The SMILES string of the molecule is COCCCOc1cccc(C(=N)N)n1. The van der Waals surface area contributed by atoms with Gasteiger partial charge in [-0.1, -0.05) is 6.07 Å². The van der Waals surface area contributed by atoms with Crippen molar-refractivity contribution >= 4 is 5.84 Å². The first kappa shape index (κ1) is 11.5. The summed E-state index contributed by atoms with van der Waals surface area (Å²) in [6.07, 6.45) is 0.808. The molecule has 0 fully saturated rings. The lowest BCUT2D eigenvalue weighted by Gasteiger charge is -2.05. The van der Waals surface area contributed by atoms with Crippen LogP contribution in [0.3, 0.4) is 0 Å². The Labute approximate surface area is 88.7 Å². The normalized spacial score (nSPS) is 9.93. The number of nitrogen functional groups attached to an aromatic ring is 1. The molecule has 0 radical (unpaired) electrons. The highest BCUT2D eigenvalue weighted by molar-refractivity contribution is 5.93. The van der Waals surface area contributed by atoms with Crippen molar-refractivity contribution in [3.8, 4) is 5.88 Å². The van der Waals surface area contributed by atoms with Crippen LogP contribution in [0.4, 0.5) is 0 Å². The average Bonchev–Trinajstić information content (AvgIpc) is 2.25. The summed E-state index contributed by atoms with van der Waals surface area (Å²) in [5.74, 6) is 0.427. The van der Waals surface area contributed by atoms with Crippen LogP contribution in [-0.2, 0) is 4.74 Å². The molecule has 1 aromatic rings. The van der Waals surface area contributed by atoms with E-state index in [0.29, 0.717) is 24.8 Å². The lowest BCUT2D eigenvalue weighted by atomic mass is 10.3. The summed E-state index contributed by atoms with van der Waals surface area (Å²) < 4.78 is 10.2. The summed E-state index contributed by atoms with van der Waals surface area (Å²) in [4.78, 5) is 4.06. The van der Waals surface area contributed by atoms with Gasteiger partial charge in [0.2, 0.25) is 5.88 Å². The molecule has 82 valence electrons. The van der Waals surface area contributed by atoms with E-state index < -0.39 is 0 Å². The van der Waals surface area contributed by atoms with Crippen LogP contribution in [0, 0.1) is 5.41 Å². The smallest absolute Gasteiger partial charge is 0.213 e. The molecule has 0 aromatic carbocycles. The van der Waals surface area contributed by atoms with Crippen LogP contribution in [0.5, 0.6) is 5.88 Å². The van der Waals surface area contributed by atoms with Gasteiger partial charge < -0.3 is 15.2 Å². The maximum atomic E-state index is 7.21. The van der Waals surface area contributed by atoms with E-state index in [9.17, 15) is 0 Å². The van der Waals surface area contributed by atoms with Crippen LogP contribution in [0.25, 0.3) is 0 Å². The summed E-state index contributed by atoms with van der Waals surface area (Å²) in [6, 6.07) is 5.17. The number of nitrogens with zero attached hydrogens (tertiary/aromatic N) is 1. The van der Waals surface area contributed by atoms with Crippen molar-refractivity contribution in [1.29, 1.82) is 5.41 Å². The molecule has 3 N–H and O–H groups in total. The van der Waals surface area contributed by atoms with Crippen LogP contribution in [0.2, 0.25) is 0 Å². The Bertz CT molecular complexity index is 328. The topological polar surface area (TPSA) is 81.2 Å². The second kappa shape index (κ2) is 5.98. The van der Waals surface area contributed by atoms with Gasteiger partial charge in [-0.3, -0.25) is 5.41 Å². The molecule has 0 unspecified atom stereocenters. The van der Waals surface area contributed by atoms with Gasteiger partial charge in [0.25, 0.3) is 0 Å². The van der Waals surface area contributed by atoms with Crippen LogP contribution < -0.4 is 10.5 Å². The van der Waals surface area contributed by atoms with E-state index in [1.54, 1.807) is 25.3 Å². The monoisotopic (exact) mass is 209 g/mol. The van der Waals surface area contributed by atoms with Crippen LogP contribution >= 0.6 is 0 Å². The molecular formula is C10H15N3O2. The first-order valence-corrected chi connectivity index (χ1v) is 4.67. The highest BCUT2D eigenvalue weighted by Gasteiger charge is 2.00. The van der Waals surface area contributed by atoms with Crippen LogP contribution in [0.1, 0.15) is 12.1 Å². The fourth-order valence-electron chi connectivity index (χ4n) is 1.03. The Hall–Kier alpha value is -1.62. The van der Waals surface area contributed by atoms with Crippen molar-refractivity contribution in [2.45, 2.75) is 6.42 Å². The first-order valence-electron chi connectivity index (χ1n) is 4.67. The molecule has 1 rings (SSSR count). The predicted octanol–water partition coefficient (Wildman–Crippen LogP) is 0.781. The maximum absolute atomic E-state index is 7.21. The molecule has 5 nitrogen and oxygen atoms in total. The lowest BCUT2D eigenvalue weighted by Crippen LogP contribution is -2.13. The lowest BCUT2D eigenvalue weighted by molar-refractivity contribution is 0.170. The second-order valence-corrected chi connectivity index (χ2v) is 2.97. The predicted molar refractivity (Wildman–Crippen MR) is 57.2 cm³/mol. The van der Waals surface area contributed by atoms with Gasteiger partial charge in [-0.2, -0.15) is 0 Å².